The summed E-state index contributed by atoms with van der Waals surface area (Å²) in [6, 6.07) is 0. The minimum Gasteiger partial charge on any atom is -0.370 e. The van der Waals surface area contributed by atoms with Gasteiger partial charge >= 0.3 is 0 Å². The van der Waals surface area contributed by atoms with E-state index in [9.17, 15) is 8.42 Å². The fourth-order valence-corrected chi connectivity index (χ4v) is 1.07. The van der Waals surface area contributed by atoms with Gasteiger partial charge in [-0.2, -0.15) is 0 Å². The number of aliphatic imine (C=N–C) groups is 1. The Morgan fingerprint density at radius 2 is 2.55 bits per heavy atom. The molecule has 0 aliphatic carbocycles. The fraction of sp³-hybridized carbons (Fsp3) is 0.600. The van der Waals surface area contributed by atoms with E-state index in [4.69, 9.17) is 0 Å². The molecule has 0 fully saturated rings. The van der Waals surface area contributed by atoms with Gasteiger partial charge in [0.2, 0.25) is 10.0 Å². The van der Waals surface area contributed by atoms with Crippen LogP contribution in [-0.4, -0.2) is 33.6 Å². The predicted molar refractivity (Wildman–Crippen MR) is 42.6 cm³/mol. The molecular formula is C5H10N3O2S. The average Bonchev–Trinajstić information content (AvgIpc) is 2.32. The van der Waals surface area contributed by atoms with Crippen LogP contribution in [0.5, 0.6) is 0 Å². The summed E-state index contributed by atoms with van der Waals surface area (Å²) in [5.41, 5.74) is 0. The van der Waals surface area contributed by atoms with Gasteiger partial charge in [0.15, 0.2) is 0 Å². The van der Waals surface area contributed by atoms with Crippen LogP contribution in [0, 0.1) is 6.54 Å². The maximum atomic E-state index is 10.6. The highest BCUT2D eigenvalue weighted by Gasteiger charge is 2.07. The molecule has 0 bridgehead atoms. The van der Waals surface area contributed by atoms with Crippen molar-refractivity contribution in [1.82, 2.24) is 10.0 Å². The Morgan fingerprint density at radius 3 is 3.00 bits per heavy atom. The van der Waals surface area contributed by atoms with Crippen molar-refractivity contribution in [3.8, 4) is 0 Å². The van der Waals surface area contributed by atoms with Gasteiger partial charge in [0.25, 0.3) is 0 Å². The van der Waals surface area contributed by atoms with E-state index in [0.29, 0.717) is 12.4 Å². The molecule has 6 heteroatoms. The number of hydrogen-bond donors (Lipinski definition) is 2. The average molecular weight is 176 g/mol. The van der Waals surface area contributed by atoms with Crippen LogP contribution < -0.4 is 10.0 Å². The molecule has 1 rings (SSSR count). The molecule has 0 aromatic rings. The topological polar surface area (TPSA) is 70.6 Å². The lowest BCUT2D eigenvalue weighted by atomic mass is 10.6. The Morgan fingerprint density at radius 1 is 1.82 bits per heavy atom. The van der Waals surface area contributed by atoms with Crippen LogP contribution in [0.1, 0.15) is 0 Å². The second-order valence-corrected chi connectivity index (χ2v) is 4.07. The minimum atomic E-state index is -3.10. The predicted octanol–water partition coefficient (Wildman–Crippen LogP) is -1.30. The second kappa shape index (κ2) is 3.19. The zero-order valence-electron chi connectivity index (χ0n) is 6.16. The Hall–Kier alpha value is -0.620. The van der Waals surface area contributed by atoms with Crippen molar-refractivity contribution in [2.24, 2.45) is 4.99 Å². The van der Waals surface area contributed by atoms with Crippen molar-refractivity contribution in [2.75, 3.05) is 19.3 Å². The summed E-state index contributed by atoms with van der Waals surface area (Å²) in [7, 11) is -3.10. The first-order valence-electron chi connectivity index (χ1n) is 3.15. The van der Waals surface area contributed by atoms with E-state index >= 15 is 0 Å². The SMILES string of the molecule is CS(=O)(=O)NCC1=N[CH]CN1. The van der Waals surface area contributed by atoms with Crippen LogP contribution in [-0.2, 0) is 10.0 Å². The first-order valence-corrected chi connectivity index (χ1v) is 5.04. The molecule has 1 radical (unpaired) electrons. The summed E-state index contributed by atoms with van der Waals surface area (Å²) in [5.74, 6) is 0.662. The third-order valence-corrected chi connectivity index (χ3v) is 1.82. The highest BCUT2D eigenvalue weighted by molar-refractivity contribution is 7.88. The quantitative estimate of drug-likeness (QED) is 0.561. The van der Waals surface area contributed by atoms with Crippen LogP contribution in [0.2, 0.25) is 0 Å². The van der Waals surface area contributed by atoms with Crippen molar-refractivity contribution in [2.45, 2.75) is 0 Å². The van der Waals surface area contributed by atoms with Crippen molar-refractivity contribution in [3.63, 3.8) is 0 Å². The van der Waals surface area contributed by atoms with Gasteiger partial charge in [-0.1, -0.05) is 0 Å². The van der Waals surface area contributed by atoms with Crippen LogP contribution in [0.15, 0.2) is 4.99 Å². The lowest BCUT2D eigenvalue weighted by Crippen LogP contribution is -2.34. The fourth-order valence-electron chi connectivity index (χ4n) is 0.673. The van der Waals surface area contributed by atoms with Crippen molar-refractivity contribution >= 4 is 15.9 Å². The van der Waals surface area contributed by atoms with Crippen LogP contribution in [0.3, 0.4) is 0 Å². The lowest BCUT2D eigenvalue weighted by molar-refractivity contribution is 0.592. The molecule has 0 amide bonds. The van der Waals surface area contributed by atoms with E-state index in [1.807, 2.05) is 0 Å². The molecule has 2 N–H and O–H groups in total. The van der Waals surface area contributed by atoms with Crippen LogP contribution in [0.4, 0.5) is 0 Å². The third-order valence-electron chi connectivity index (χ3n) is 1.15. The smallest absolute Gasteiger partial charge is 0.209 e. The number of sulfonamides is 1. The Balaban J connectivity index is 2.33. The second-order valence-electron chi connectivity index (χ2n) is 2.23. The molecule has 1 heterocycles. The summed E-state index contributed by atoms with van der Waals surface area (Å²) in [5, 5.41) is 2.90. The molecular weight excluding hydrogens is 166 g/mol. The molecule has 0 spiro atoms. The summed E-state index contributed by atoms with van der Waals surface area (Å²) in [6.45, 7) is 2.62. The Bertz CT molecular complexity index is 257. The number of rotatable bonds is 3. The number of hydrogen-bond acceptors (Lipinski definition) is 4. The van der Waals surface area contributed by atoms with Gasteiger partial charge in [-0.15, -0.1) is 0 Å². The highest BCUT2D eigenvalue weighted by atomic mass is 32.2. The normalized spacial score (nSPS) is 17.7. The zero-order valence-corrected chi connectivity index (χ0v) is 6.98. The van der Waals surface area contributed by atoms with Crippen molar-refractivity contribution in [3.05, 3.63) is 6.54 Å². The largest absolute Gasteiger partial charge is 0.370 e. The Labute approximate surface area is 65.9 Å². The number of amidine groups is 1. The maximum Gasteiger partial charge on any atom is 0.209 e. The molecule has 0 saturated heterocycles. The van der Waals surface area contributed by atoms with Crippen LogP contribution >= 0.6 is 0 Å². The molecule has 0 aromatic heterocycles. The molecule has 63 valence electrons. The summed E-state index contributed by atoms with van der Waals surface area (Å²) in [6.07, 6.45) is 1.12. The monoisotopic (exact) mass is 176 g/mol. The zero-order chi connectivity index (χ0) is 8.32. The highest BCUT2D eigenvalue weighted by Crippen LogP contribution is 1.88. The molecule has 1 aliphatic rings. The van der Waals surface area contributed by atoms with Gasteiger partial charge in [0, 0.05) is 6.54 Å². The first kappa shape index (κ1) is 8.48. The number of nitrogens with zero attached hydrogens (tertiary/aromatic N) is 1. The van der Waals surface area contributed by atoms with E-state index in [-0.39, 0.29) is 6.54 Å². The third kappa shape index (κ3) is 3.33. The van der Waals surface area contributed by atoms with Gasteiger partial charge in [-0.25, -0.2) is 13.1 Å². The lowest BCUT2D eigenvalue weighted by Gasteiger charge is -2.01. The molecule has 1 aliphatic heterocycles. The van der Waals surface area contributed by atoms with Gasteiger partial charge in [0.1, 0.15) is 5.84 Å². The Kier molecular flexibility index (Phi) is 2.45. The molecule has 5 nitrogen and oxygen atoms in total. The molecule has 0 saturated carbocycles. The van der Waals surface area contributed by atoms with E-state index < -0.39 is 10.0 Å². The van der Waals surface area contributed by atoms with E-state index in [0.717, 1.165) is 6.26 Å². The summed E-state index contributed by atoms with van der Waals surface area (Å²) in [4.78, 5) is 3.89. The molecule has 0 aromatic carbocycles. The maximum absolute atomic E-state index is 10.6. The minimum absolute atomic E-state index is 0.245. The van der Waals surface area contributed by atoms with Gasteiger partial charge < -0.3 is 5.32 Å². The van der Waals surface area contributed by atoms with Gasteiger partial charge in [-0.3, -0.25) is 4.99 Å². The molecule has 0 unspecified atom stereocenters. The van der Waals surface area contributed by atoms with E-state index in [1.165, 1.54) is 0 Å². The van der Waals surface area contributed by atoms with Crippen molar-refractivity contribution in [1.29, 1.82) is 0 Å². The van der Waals surface area contributed by atoms with E-state index in [1.54, 1.807) is 6.54 Å². The number of nitrogens with one attached hydrogen (secondary N) is 2. The summed E-state index contributed by atoms with van der Waals surface area (Å²) >= 11 is 0. The standard InChI is InChI=1S/C5H10N3O2S/c1-11(9,10)8-4-5-6-2-3-7-5/h2,8H,3-4H2,1H3,(H,6,7). The molecule has 11 heavy (non-hydrogen) atoms. The molecule has 0 atom stereocenters. The summed E-state index contributed by atoms with van der Waals surface area (Å²) < 4.78 is 23.5. The van der Waals surface area contributed by atoms with Gasteiger partial charge in [0.05, 0.1) is 19.3 Å². The van der Waals surface area contributed by atoms with Gasteiger partial charge in [-0.05, 0) is 0 Å². The van der Waals surface area contributed by atoms with Crippen molar-refractivity contribution < 1.29 is 8.42 Å². The van der Waals surface area contributed by atoms with Crippen LogP contribution in [0.25, 0.3) is 0 Å². The first-order chi connectivity index (χ1) is 5.08. The van der Waals surface area contributed by atoms with E-state index in [2.05, 4.69) is 15.0 Å².